The molecule has 0 aromatic rings. The molecule has 0 radical (unpaired) electrons. The van der Waals surface area contributed by atoms with E-state index in [0.29, 0.717) is 6.42 Å². The molecule has 0 aromatic heterocycles. The molecule has 3 fully saturated rings. The largest absolute Gasteiger partial charge is 0.481 e. The van der Waals surface area contributed by atoms with E-state index in [-0.39, 0.29) is 30.7 Å². The second kappa shape index (κ2) is 11.0. The number of nitrogens with two attached hydrogens (primary N) is 1. The van der Waals surface area contributed by atoms with Crippen LogP contribution in [-0.2, 0) is 9.53 Å². The lowest BCUT2D eigenvalue weighted by molar-refractivity contribution is -0.137. The number of nitrogens with one attached hydrogen (secondary N) is 1. The number of carbonyl (C=O) groups is 2. The second-order valence-corrected chi connectivity index (χ2v) is 8.68. The molecule has 0 aliphatic carbocycles. The summed E-state index contributed by atoms with van der Waals surface area (Å²) in [6.45, 7) is 8.53. The summed E-state index contributed by atoms with van der Waals surface area (Å²) >= 11 is 0. The molecule has 3 aliphatic rings. The summed E-state index contributed by atoms with van der Waals surface area (Å²) in [7, 11) is 1.82. The summed E-state index contributed by atoms with van der Waals surface area (Å²) < 4.78 is 5.72. The van der Waals surface area contributed by atoms with Gasteiger partial charge in [-0.3, -0.25) is 20.0 Å². The summed E-state index contributed by atoms with van der Waals surface area (Å²) in [6, 6.07) is 0.0459. The number of ether oxygens (including phenoxy) is 1. The van der Waals surface area contributed by atoms with Gasteiger partial charge in [0.2, 0.25) is 0 Å². The fourth-order valence-electron chi connectivity index (χ4n) is 4.68. The van der Waals surface area contributed by atoms with Gasteiger partial charge in [0.25, 0.3) is 0 Å². The molecule has 0 spiro atoms. The van der Waals surface area contributed by atoms with Gasteiger partial charge in [0.05, 0.1) is 6.04 Å². The van der Waals surface area contributed by atoms with Crippen molar-refractivity contribution in [1.82, 2.24) is 24.5 Å². The molecule has 2 atom stereocenters. The number of hydrogen-bond donors (Lipinski definition) is 3. The molecule has 3 saturated heterocycles. The van der Waals surface area contributed by atoms with Crippen molar-refractivity contribution in [2.24, 2.45) is 5.73 Å². The zero-order valence-electron chi connectivity index (χ0n) is 18.5. The van der Waals surface area contributed by atoms with E-state index in [1.165, 1.54) is 0 Å². The number of likely N-dealkylation sites (N-methyl/N-ethyl adjacent to an activating group) is 1. The van der Waals surface area contributed by atoms with Gasteiger partial charge in [-0.05, 0) is 32.4 Å². The van der Waals surface area contributed by atoms with Crippen LogP contribution in [-0.4, -0.2) is 132 Å². The van der Waals surface area contributed by atoms with Crippen LogP contribution >= 0.6 is 0 Å². The number of guanidine groups is 1. The van der Waals surface area contributed by atoms with Crippen molar-refractivity contribution in [1.29, 1.82) is 5.41 Å². The Balaban J connectivity index is 1.42. The highest BCUT2D eigenvalue weighted by molar-refractivity contribution is 5.74. The highest BCUT2D eigenvalue weighted by Crippen LogP contribution is 2.26. The number of carboxylic acid groups (broad SMARTS) is 1. The summed E-state index contributed by atoms with van der Waals surface area (Å²) in [5.41, 5.74) is 5.56. The standard InChI is InChI=1S/C20H37N7O4/c1-23-16(4-2-6-24-10-14-27(15-11-24)19(21)22)18(31-20(23)30)26-12-8-25(9-13-26)7-3-5-17(28)29/h16,18H,2-15H2,1H3,(H3,21,22)(H,28,29). The lowest BCUT2D eigenvalue weighted by atomic mass is 10.1. The molecule has 3 heterocycles. The number of carboxylic acids is 1. The van der Waals surface area contributed by atoms with Crippen molar-refractivity contribution in [2.75, 3.05) is 72.5 Å². The number of aliphatic carboxylic acids is 1. The second-order valence-electron chi connectivity index (χ2n) is 8.68. The SMILES string of the molecule is CN1C(=O)OC(N2CCN(CCCC(=O)O)CC2)C1CCCN1CCN(C(=N)N)CC1. The number of amides is 1. The van der Waals surface area contributed by atoms with E-state index in [4.69, 9.17) is 21.0 Å². The van der Waals surface area contributed by atoms with Crippen LogP contribution in [0.15, 0.2) is 0 Å². The van der Waals surface area contributed by atoms with Crippen molar-refractivity contribution < 1.29 is 19.4 Å². The zero-order valence-corrected chi connectivity index (χ0v) is 18.5. The molecule has 3 rings (SSSR count). The van der Waals surface area contributed by atoms with Gasteiger partial charge in [-0.15, -0.1) is 0 Å². The third kappa shape index (κ3) is 6.44. The molecular weight excluding hydrogens is 402 g/mol. The van der Waals surface area contributed by atoms with Crippen LogP contribution in [0.25, 0.3) is 0 Å². The third-order valence-corrected chi connectivity index (χ3v) is 6.66. The highest BCUT2D eigenvalue weighted by Gasteiger charge is 2.43. The number of piperazine rings is 2. The smallest absolute Gasteiger partial charge is 0.411 e. The topological polar surface area (TPSA) is 130 Å². The van der Waals surface area contributed by atoms with Crippen LogP contribution in [0.5, 0.6) is 0 Å². The van der Waals surface area contributed by atoms with Gasteiger partial charge in [-0.25, -0.2) is 4.79 Å². The van der Waals surface area contributed by atoms with Crippen LogP contribution in [0.1, 0.15) is 25.7 Å². The maximum Gasteiger partial charge on any atom is 0.411 e. The molecule has 4 N–H and O–H groups in total. The predicted octanol–water partition coefficient (Wildman–Crippen LogP) is -0.463. The van der Waals surface area contributed by atoms with Gasteiger partial charge in [0.15, 0.2) is 12.2 Å². The van der Waals surface area contributed by atoms with Crippen molar-refractivity contribution in [3.8, 4) is 0 Å². The Hall–Kier alpha value is -2.11. The first-order valence-corrected chi connectivity index (χ1v) is 11.3. The average molecular weight is 440 g/mol. The maximum absolute atomic E-state index is 12.2. The monoisotopic (exact) mass is 439 g/mol. The van der Waals surface area contributed by atoms with Gasteiger partial charge in [-0.2, -0.15) is 0 Å². The number of carbonyl (C=O) groups excluding carboxylic acids is 1. The number of rotatable bonds is 9. The van der Waals surface area contributed by atoms with Crippen LogP contribution in [0, 0.1) is 5.41 Å². The molecule has 2 unspecified atom stereocenters. The van der Waals surface area contributed by atoms with Gasteiger partial charge in [-0.1, -0.05) is 0 Å². The summed E-state index contributed by atoms with van der Waals surface area (Å²) in [5, 5.41) is 16.3. The van der Waals surface area contributed by atoms with E-state index < -0.39 is 5.97 Å². The first-order valence-electron chi connectivity index (χ1n) is 11.3. The van der Waals surface area contributed by atoms with Crippen molar-refractivity contribution >= 4 is 18.0 Å². The van der Waals surface area contributed by atoms with Gasteiger partial charge in [0, 0.05) is 65.8 Å². The lowest BCUT2D eigenvalue weighted by Gasteiger charge is -2.39. The molecule has 1 amide bonds. The molecule has 0 aromatic carbocycles. The minimum absolute atomic E-state index is 0.0459. The normalized spacial score (nSPS) is 26.3. The lowest BCUT2D eigenvalue weighted by Crippen LogP contribution is -2.54. The van der Waals surface area contributed by atoms with Crippen LogP contribution < -0.4 is 5.73 Å². The molecule has 11 nitrogen and oxygen atoms in total. The minimum atomic E-state index is -0.747. The van der Waals surface area contributed by atoms with E-state index >= 15 is 0 Å². The average Bonchev–Trinajstić information content (AvgIpc) is 3.03. The van der Waals surface area contributed by atoms with Crippen LogP contribution in [0.3, 0.4) is 0 Å². The third-order valence-electron chi connectivity index (χ3n) is 6.66. The fraction of sp³-hybridized carbons (Fsp3) is 0.850. The van der Waals surface area contributed by atoms with Gasteiger partial charge < -0.3 is 30.3 Å². The molecule has 0 saturated carbocycles. The Kier molecular flexibility index (Phi) is 8.33. The maximum atomic E-state index is 12.2. The summed E-state index contributed by atoms with van der Waals surface area (Å²) in [5.74, 6) is -0.601. The summed E-state index contributed by atoms with van der Waals surface area (Å²) in [4.78, 5) is 33.5. The fourth-order valence-corrected chi connectivity index (χ4v) is 4.68. The molecule has 31 heavy (non-hydrogen) atoms. The number of nitrogens with zero attached hydrogens (tertiary/aromatic N) is 5. The van der Waals surface area contributed by atoms with E-state index in [0.717, 1.165) is 78.3 Å². The molecule has 11 heteroatoms. The Morgan fingerprint density at radius 1 is 1.06 bits per heavy atom. The van der Waals surface area contributed by atoms with E-state index in [2.05, 4.69) is 14.7 Å². The Bertz CT molecular complexity index is 633. The first-order chi connectivity index (χ1) is 14.8. The zero-order chi connectivity index (χ0) is 22.4. The Morgan fingerprint density at radius 3 is 2.23 bits per heavy atom. The van der Waals surface area contributed by atoms with Crippen LogP contribution in [0.2, 0.25) is 0 Å². The molecule has 176 valence electrons. The predicted molar refractivity (Wildman–Crippen MR) is 116 cm³/mol. The number of hydrogen-bond acceptors (Lipinski definition) is 7. The van der Waals surface area contributed by atoms with Crippen molar-refractivity contribution in [3.63, 3.8) is 0 Å². The highest BCUT2D eigenvalue weighted by atomic mass is 16.6. The Morgan fingerprint density at radius 2 is 1.65 bits per heavy atom. The summed E-state index contributed by atoms with van der Waals surface area (Å²) in [6.07, 6.45) is 2.27. The minimum Gasteiger partial charge on any atom is -0.481 e. The van der Waals surface area contributed by atoms with E-state index in [1.54, 1.807) is 4.90 Å². The number of cyclic esters (lactones) is 1. The van der Waals surface area contributed by atoms with Gasteiger partial charge in [0.1, 0.15) is 0 Å². The van der Waals surface area contributed by atoms with Gasteiger partial charge >= 0.3 is 12.1 Å². The molecular formula is C20H37N7O4. The quantitative estimate of drug-likeness (QED) is 0.323. The molecule has 3 aliphatic heterocycles. The van der Waals surface area contributed by atoms with Crippen molar-refractivity contribution in [3.05, 3.63) is 0 Å². The molecule has 0 bridgehead atoms. The van der Waals surface area contributed by atoms with E-state index in [9.17, 15) is 9.59 Å². The van der Waals surface area contributed by atoms with Crippen molar-refractivity contribution in [2.45, 2.75) is 38.0 Å². The first kappa shape index (κ1) is 23.6. The van der Waals surface area contributed by atoms with E-state index in [1.807, 2.05) is 11.9 Å². The van der Waals surface area contributed by atoms with Crippen LogP contribution in [0.4, 0.5) is 4.79 Å². The Labute approximate surface area is 184 Å².